The molecule has 3 N–H and O–H groups in total. The van der Waals surface area contributed by atoms with E-state index in [1.165, 1.54) is 46.6 Å². The van der Waals surface area contributed by atoms with Crippen molar-refractivity contribution in [3.8, 4) is 0 Å². The first kappa shape index (κ1) is 29.3. The van der Waals surface area contributed by atoms with Crippen LogP contribution in [0.4, 0.5) is 0 Å². The molecule has 1 aromatic carbocycles. The zero-order valence-electron chi connectivity index (χ0n) is 20.3. The summed E-state index contributed by atoms with van der Waals surface area (Å²) in [5.41, 5.74) is 1.06. The van der Waals surface area contributed by atoms with Crippen LogP contribution in [0.3, 0.4) is 0 Å². The Morgan fingerprint density at radius 1 is 1.18 bits per heavy atom. The first-order valence-corrected chi connectivity index (χ1v) is 15.1. The summed E-state index contributed by atoms with van der Waals surface area (Å²) in [6, 6.07) is 6.09. The molecule has 204 valence electrons. The Hall–Kier alpha value is -2.64. The first-order valence-electron chi connectivity index (χ1n) is 11.4. The van der Waals surface area contributed by atoms with Crippen molar-refractivity contribution in [3.63, 3.8) is 0 Å². The molecule has 2 amide bonds. The second-order valence-corrected chi connectivity index (χ2v) is 12.5. The van der Waals surface area contributed by atoms with E-state index >= 15 is 0 Å². The number of hydrogen-bond acceptors (Lipinski definition) is 7. The lowest BCUT2D eigenvalue weighted by atomic mass is 10.0. The van der Waals surface area contributed by atoms with E-state index in [1.54, 1.807) is 0 Å². The Morgan fingerprint density at radius 2 is 1.90 bits per heavy atom. The van der Waals surface area contributed by atoms with E-state index < -0.39 is 35.2 Å². The number of halogens is 2. The lowest BCUT2D eigenvalue weighted by Gasteiger charge is -2.49. The number of aromatic nitrogens is 1. The Bertz CT molecular complexity index is 1400. The second kappa shape index (κ2) is 12.7. The molecule has 0 radical (unpaired) electrons. The van der Waals surface area contributed by atoms with Crippen LogP contribution in [0.2, 0.25) is 10.0 Å². The fourth-order valence-electron chi connectivity index (χ4n) is 3.85. The minimum absolute atomic E-state index is 0.0175. The molecular weight excluding hydrogens is 605 g/mol. The van der Waals surface area contributed by atoms with Crippen molar-refractivity contribution >= 4 is 88.3 Å². The number of rotatable bonds is 10. The maximum absolute atomic E-state index is 12.9. The summed E-state index contributed by atoms with van der Waals surface area (Å²) in [5.74, 6) is -2.37. The Morgan fingerprint density at radius 3 is 2.56 bits per heavy atom. The van der Waals surface area contributed by atoms with Crippen molar-refractivity contribution in [2.45, 2.75) is 21.2 Å². The number of aryl methyl sites for hydroxylation is 1. The third kappa shape index (κ3) is 6.93. The number of amides is 2. The Labute approximate surface area is 246 Å². The number of hydrogen-bond donors (Lipinski definition) is 3. The van der Waals surface area contributed by atoms with E-state index in [0.29, 0.717) is 32.6 Å². The number of fused-ring (bicyclic) bond motifs is 1. The van der Waals surface area contributed by atoms with Gasteiger partial charge in [0.05, 0.1) is 10.8 Å². The van der Waals surface area contributed by atoms with E-state index in [9.17, 15) is 24.3 Å². The standard InChI is InChI=1S/C25H21Cl2N3O6S3/c1-29-6-4-15(5-7-29)37-10-14-11-39-24-21(23(34)30(24)22(14)25(35)36)28-19(31)12-38-18-9-16(26)13(8-17(18)27)2-3-20(32)33/h2-9,21,24H,10-12H2,1H3,(H2-,28,31,32,33,35,36)/p+1/t21-,24+/m0/s1. The SMILES string of the molecule is C[n+]1ccc(SCC2=C(C(=O)O)N3C(=O)[C@H](NC(=O)CSc4cc(Cl)c(C=CC(=O)O)cc4Cl)[C@H]3SC2)cc1. The van der Waals surface area contributed by atoms with Gasteiger partial charge in [-0.2, -0.15) is 0 Å². The number of carboxylic acid groups (broad SMARTS) is 2. The summed E-state index contributed by atoms with van der Waals surface area (Å²) < 4.78 is 1.90. The Kier molecular flexibility index (Phi) is 9.55. The molecule has 2 aliphatic heterocycles. The van der Waals surface area contributed by atoms with Crippen molar-refractivity contribution in [3.05, 3.63) is 69.6 Å². The average Bonchev–Trinajstić information content (AvgIpc) is 2.90. The van der Waals surface area contributed by atoms with Crippen LogP contribution >= 0.6 is 58.5 Å². The molecule has 4 rings (SSSR count). The van der Waals surface area contributed by atoms with Gasteiger partial charge in [-0.25, -0.2) is 14.2 Å². The quantitative estimate of drug-likeness (QED) is 0.157. The number of benzene rings is 1. The largest absolute Gasteiger partial charge is 0.478 e. The van der Waals surface area contributed by atoms with Gasteiger partial charge in [-0.15, -0.1) is 35.3 Å². The summed E-state index contributed by atoms with van der Waals surface area (Å²) in [4.78, 5) is 51.1. The summed E-state index contributed by atoms with van der Waals surface area (Å²) in [7, 11) is 1.91. The molecule has 1 saturated heterocycles. The van der Waals surface area contributed by atoms with Crippen LogP contribution in [-0.4, -0.2) is 67.5 Å². The number of aliphatic carboxylic acids is 2. The normalized spacial score (nSPS) is 18.6. The molecule has 1 aromatic heterocycles. The van der Waals surface area contributed by atoms with Crippen molar-refractivity contribution in [1.82, 2.24) is 10.2 Å². The molecule has 3 heterocycles. The number of carbonyl (C=O) groups excluding carboxylic acids is 2. The predicted molar refractivity (Wildman–Crippen MR) is 152 cm³/mol. The third-order valence-corrected chi connectivity index (χ3v) is 9.99. The zero-order chi connectivity index (χ0) is 28.3. The lowest BCUT2D eigenvalue weighted by Crippen LogP contribution is -2.70. The van der Waals surface area contributed by atoms with Crippen molar-refractivity contribution in [1.29, 1.82) is 0 Å². The molecule has 2 aliphatic rings. The maximum atomic E-state index is 12.9. The topological polar surface area (TPSA) is 128 Å². The van der Waals surface area contributed by atoms with Gasteiger partial charge in [0.2, 0.25) is 5.91 Å². The van der Waals surface area contributed by atoms with E-state index in [4.69, 9.17) is 28.3 Å². The predicted octanol–water partition coefficient (Wildman–Crippen LogP) is 3.54. The molecule has 2 aromatic rings. The minimum atomic E-state index is -1.17. The van der Waals surface area contributed by atoms with Crippen LogP contribution in [0.5, 0.6) is 0 Å². The van der Waals surface area contributed by atoms with Gasteiger partial charge in [-0.1, -0.05) is 23.2 Å². The summed E-state index contributed by atoms with van der Waals surface area (Å²) >= 11 is 16.5. The number of carboxylic acids is 2. The van der Waals surface area contributed by atoms with Crippen LogP contribution < -0.4 is 9.88 Å². The van der Waals surface area contributed by atoms with Crippen LogP contribution in [0, 0.1) is 0 Å². The molecule has 0 spiro atoms. The first-order chi connectivity index (χ1) is 18.5. The van der Waals surface area contributed by atoms with E-state index in [2.05, 4.69) is 5.32 Å². The van der Waals surface area contributed by atoms with Crippen molar-refractivity contribution < 1.29 is 34.0 Å². The number of pyridine rings is 1. The smallest absolute Gasteiger partial charge is 0.352 e. The van der Waals surface area contributed by atoms with Crippen LogP contribution in [0.1, 0.15) is 5.56 Å². The van der Waals surface area contributed by atoms with Gasteiger partial charge in [0.1, 0.15) is 24.2 Å². The van der Waals surface area contributed by atoms with Crippen LogP contribution in [0.25, 0.3) is 6.08 Å². The highest BCUT2D eigenvalue weighted by Crippen LogP contribution is 2.41. The number of nitrogens with one attached hydrogen (secondary N) is 1. The van der Waals surface area contributed by atoms with Gasteiger partial charge in [-0.05, 0) is 29.3 Å². The molecule has 39 heavy (non-hydrogen) atoms. The monoisotopic (exact) mass is 626 g/mol. The highest BCUT2D eigenvalue weighted by Gasteiger charge is 2.54. The number of nitrogens with zero attached hydrogens (tertiary/aromatic N) is 2. The summed E-state index contributed by atoms with van der Waals surface area (Å²) in [6.45, 7) is 0. The molecule has 0 saturated carbocycles. The van der Waals surface area contributed by atoms with Crippen LogP contribution in [0.15, 0.2) is 63.8 Å². The van der Waals surface area contributed by atoms with Gasteiger partial charge in [0.25, 0.3) is 5.91 Å². The number of carbonyl (C=O) groups is 4. The van der Waals surface area contributed by atoms with E-state index in [0.717, 1.165) is 22.7 Å². The molecule has 2 atom stereocenters. The molecule has 9 nitrogen and oxygen atoms in total. The fraction of sp³-hybridized carbons (Fsp3) is 0.240. The maximum Gasteiger partial charge on any atom is 0.352 e. The molecule has 1 fully saturated rings. The molecule has 14 heteroatoms. The third-order valence-electron chi connectivity index (χ3n) is 5.74. The zero-order valence-corrected chi connectivity index (χ0v) is 24.3. The lowest BCUT2D eigenvalue weighted by molar-refractivity contribution is -0.671. The molecule has 0 aliphatic carbocycles. The average molecular weight is 628 g/mol. The van der Waals surface area contributed by atoms with Gasteiger partial charge in [0, 0.05) is 44.5 Å². The highest BCUT2D eigenvalue weighted by molar-refractivity contribution is 8.01. The van der Waals surface area contributed by atoms with E-state index in [1.807, 2.05) is 36.1 Å². The van der Waals surface area contributed by atoms with Crippen molar-refractivity contribution in [2.75, 3.05) is 17.3 Å². The van der Waals surface area contributed by atoms with Gasteiger partial charge < -0.3 is 15.5 Å². The molecule has 0 bridgehead atoms. The van der Waals surface area contributed by atoms with Gasteiger partial charge in [-0.3, -0.25) is 14.5 Å². The minimum Gasteiger partial charge on any atom is -0.478 e. The number of thioether (sulfide) groups is 3. The Balaban J connectivity index is 1.36. The molecular formula is C25H22Cl2N3O6S3+. The molecule has 0 unspecified atom stereocenters. The highest BCUT2D eigenvalue weighted by atomic mass is 35.5. The number of β-lactam (4-membered cyclic amide) rings is 1. The van der Waals surface area contributed by atoms with Gasteiger partial charge >= 0.3 is 11.9 Å². The summed E-state index contributed by atoms with van der Waals surface area (Å²) in [5, 5.41) is 21.4. The van der Waals surface area contributed by atoms with Crippen molar-refractivity contribution in [2.24, 2.45) is 7.05 Å². The van der Waals surface area contributed by atoms with E-state index in [-0.39, 0.29) is 16.5 Å². The fourth-order valence-corrected chi connectivity index (χ4v) is 7.61. The van der Waals surface area contributed by atoms with Gasteiger partial charge in [0.15, 0.2) is 12.4 Å². The second-order valence-electron chi connectivity index (χ2n) is 8.46. The van der Waals surface area contributed by atoms with Crippen LogP contribution in [-0.2, 0) is 26.2 Å². The summed E-state index contributed by atoms with van der Waals surface area (Å²) in [6.07, 6.45) is 6.07.